The molecule has 0 aliphatic carbocycles. The molecule has 18 heavy (non-hydrogen) atoms. The molecule has 0 aromatic heterocycles. The fraction of sp³-hybridized carbons (Fsp3) is 0.600. The summed E-state index contributed by atoms with van der Waals surface area (Å²) >= 11 is 0. The Morgan fingerprint density at radius 1 is 1.28 bits per heavy atom. The van der Waals surface area contributed by atoms with Gasteiger partial charge >= 0.3 is 0 Å². The summed E-state index contributed by atoms with van der Waals surface area (Å²) in [5, 5.41) is 10.5. The topological polar surface area (TPSA) is 23.5 Å². The van der Waals surface area contributed by atoms with Crippen LogP contribution in [0.4, 0.5) is 4.39 Å². The molecular weight excluding hydrogens is 229 g/mol. The molecule has 1 aliphatic heterocycles. The van der Waals surface area contributed by atoms with Crippen molar-refractivity contribution < 1.29 is 9.50 Å². The minimum atomic E-state index is -0.661. The van der Waals surface area contributed by atoms with Gasteiger partial charge < -0.3 is 5.11 Å². The Morgan fingerprint density at radius 3 is 2.44 bits per heavy atom. The Kier molecular flexibility index (Phi) is 3.74. The number of likely N-dealkylation sites (tertiary alicyclic amines) is 1. The molecule has 1 aromatic rings. The van der Waals surface area contributed by atoms with E-state index in [2.05, 4.69) is 4.90 Å². The molecule has 1 saturated heterocycles. The van der Waals surface area contributed by atoms with Gasteiger partial charge in [-0.05, 0) is 63.9 Å². The van der Waals surface area contributed by atoms with Crippen LogP contribution in [0.1, 0.15) is 43.9 Å². The lowest BCUT2D eigenvalue weighted by Gasteiger charge is -2.39. The minimum Gasteiger partial charge on any atom is -0.386 e. The molecule has 3 heteroatoms. The summed E-state index contributed by atoms with van der Waals surface area (Å²) in [7, 11) is 0. The molecule has 0 amide bonds. The molecule has 1 heterocycles. The second-order valence-electron chi connectivity index (χ2n) is 5.76. The number of rotatable bonds is 3. The molecular formula is C15H22FNO. The third-order valence-electron chi connectivity index (χ3n) is 4.10. The van der Waals surface area contributed by atoms with Gasteiger partial charge in [-0.3, -0.25) is 4.90 Å². The standard InChI is InChI=1S/C15H22FNO/c1-11-6-7-12(10-13(11)16)14(18)15(2,3)17-8-4-5-9-17/h6-7,10,14,18H,4-5,8-9H2,1-3H3. The van der Waals surface area contributed by atoms with Crippen LogP contribution in [0.25, 0.3) is 0 Å². The predicted octanol–water partition coefficient (Wildman–Crippen LogP) is 3.04. The van der Waals surface area contributed by atoms with Gasteiger partial charge in [-0.2, -0.15) is 0 Å². The number of hydrogen-bond donors (Lipinski definition) is 1. The van der Waals surface area contributed by atoms with Gasteiger partial charge in [-0.15, -0.1) is 0 Å². The predicted molar refractivity (Wildman–Crippen MR) is 71.0 cm³/mol. The van der Waals surface area contributed by atoms with Crippen LogP contribution in [0.15, 0.2) is 18.2 Å². The molecule has 1 unspecified atom stereocenters. The molecule has 1 N–H and O–H groups in total. The van der Waals surface area contributed by atoms with Crippen LogP contribution in [-0.2, 0) is 0 Å². The van der Waals surface area contributed by atoms with Crippen molar-refractivity contribution in [2.45, 2.75) is 45.3 Å². The molecule has 1 fully saturated rings. The van der Waals surface area contributed by atoms with E-state index in [-0.39, 0.29) is 11.4 Å². The van der Waals surface area contributed by atoms with Crippen LogP contribution >= 0.6 is 0 Å². The molecule has 0 spiro atoms. The van der Waals surface area contributed by atoms with Crippen molar-refractivity contribution in [1.29, 1.82) is 0 Å². The summed E-state index contributed by atoms with van der Waals surface area (Å²) in [6, 6.07) is 5.01. The molecule has 1 aliphatic rings. The van der Waals surface area contributed by atoms with E-state index in [4.69, 9.17) is 0 Å². The first-order chi connectivity index (χ1) is 8.43. The molecule has 0 bridgehead atoms. The number of hydrogen-bond acceptors (Lipinski definition) is 2. The van der Waals surface area contributed by atoms with Gasteiger partial charge in [0.1, 0.15) is 5.82 Å². The van der Waals surface area contributed by atoms with Crippen molar-refractivity contribution >= 4 is 0 Å². The van der Waals surface area contributed by atoms with Crippen LogP contribution in [0, 0.1) is 12.7 Å². The third-order valence-corrected chi connectivity index (χ3v) is 4.10. The average Bonchev–Trinajstić information content (AvgIpc) is 2.86. The smallest absolute Gasteiger partial charge is 0.126 e. The Bertz CT molecular complexity index is 425. The van der Waals surface area contributed by atoms with Gasteiger partial charge in [-0.1, -0.05) is 12.1 Å². The Hall–Kier alpha value is -0.930. The van der Waals surface area contributed by atoms with E-state index in [1.165, 1.54) is 18.9 Å². The van der Waals surface area contributed by atoms with Gasteiger partial charge in [0.15, 0.2) is 0 Å². The molecule has 100 valence electrons. The summed E-state index contributed by atoms with van der Waals surface area (Å²) in [4.78, 5) is 2.29. The SMILES string of the molecule is Cc1ccc(C(O)C(C)(C)N2CCCC2)cc1F. The highest BCUT2D eigenvalue weighted by molar-refractivity contribution is 5.27. The molecule has 2 rings (SSSR count). The Balaban J connectivity index is 2.23. The highest BCUT2D eigenvalue weighted by Gasteiger charge is 2.36. The van der Waals surface area contributed by atoms with E-state index in [0.29, 0.717) is 11.1 Å². The molecule has 0 saturated carbocycles. The lowest BCUT2D eigenvalue weighted by molar-refractivity contribution is 0.00116. The molecule has 0 radical (unpaired) electrons. The molecule has 2 nitrogen and oxygen atoms in total. The summed E-state index contributed by atoms with van der Waals surface area (Å²) in [5.74, 6) is -0.247. The maximum absolute atomic E-state index is 13.6. The van der Waals surface area contributed by atoms with E-state index >= 15 is 0 Å². The van der Waals surface area contributed by atoms with Crippen molar-refractivity contribution in [3.8, 4) is 0 Å². The first-order valence-corrected chi connectivity index (χ1v) is 6.62. The quantitative estimate of drug-likeness (QED) is 0.892. The fourth-order valence-electron chi connectivity index (χ4n) is 2.65. The van der Waals surface area contributed by atoms with E-state index < -0.39 is 6.10 Å². The lowest BCUT2D eigenvalue weighted by Crippen LogP contribution is -2.46. The van der Waals surface area contributed by atoms with Crippen molar-refractivity contribution in [3.05, 3.63) is 35.1 Å². The van der Waals surface area contributed by atoms with E-state index in [1.807, 2.05) is 19.9 Å². The normalized spacial score (nSPS) is 19.2. The summed E-state index contributed by atoms with van der Waals surface area (Å²) in [5.41, 5.74) is 0.929. The maximum atomic E-state index is 13.6. The first kappa shape index (κ1) is 13.5. The average molecular weight is 251 g/mol. The van der Waals surface area contributed by atoms with Gasteiger partial charge in [0.25, 0.3) is 0 Å². The van der Waals surface area contributed by atoms with Gasteiger partial charge in [-0.25, -0.2) is 4.39 Å². The minimum absolute atomic E-state index is 0.247. The van der Waals surface area contributed by atoms with Crippen LogP contribution in [0.5, 0.6) is 0 Å². The summed E-state index contributed by atoms with van der Waals surface area (Å²) in [6.45, 7) is 7.81. The highest BCUT2D eigenvalue weighted by atomic mass is 19.1. The third kappa shape index (κ3) is 2.43. The zero-order chi connectivity index (χ0) is 13.3. The van der Waals surface area contributed by atoms with E-state index in [9.17, 15) is 9.50 Å². The van der Waals surface area contributed by atoms with Gasteiger partial charge in [0.05, 0.1) is 6.10 Å². The summed E-state index contributed by atoms with van der Waals surface area (Å²) < 4.78 is 13.6. The number of benzene rings is 1. The van der Waals surface area contributed by atoms with E-state index in [1.54, 1.807) is 13.0 Å². The van der Waals surface area contributed by atoms with Crippen LogP contribution in [0.3, 0.4) is 0 Å². The number of aliphatic hydroxyl groups excluding tert-OH is 1. The number of aliphatic hydroxyl groups is 1. The number of aryl methyl sites for hydroxylation is 1. The zero-order valence-corrected chi connectivity index (χ0v) is 11.4. The Morgan fingerprint density at radius 2 is 1.89 bits per heavy atom. The van der Waals surface area contributed by atoms with Gasteiger partial charge in [0.2, 0.25) is 0 Å². The van der Waals surface area contributed by atoms with Crippen molar-refractivity contribution in [2.24, 2.45) is 0 Å². The van der Waals surface area contributed by atoms with Crippen LogP contribution in [-0.4, -0.2) is 28.6 Å². The summed E-state index contributed by atoms with van der Waals surface area (Å²) in [6.07, 6.45) is 1.70. The first-order valence-electron chi connectivity index (χ1n) is 6.62. The zero-order valence-electron chi connectivity index (χ0n) is 11.4. The van der Waals surface area contributed by atoms with Crippen molar-refractivity contribution in [1.82, 2.24) is 4.90 Å². The van der Waals surface area contributed by atoms with Crippen LogP contribution in [0.2, 0.25) is 0 Å². The largest absolute Gasteiger partial charge is 0.386 e. The number of nitrogens with zero attached hydrogens (tertiary/aromatic N) is 1. The van der Waals surface area contributed by atoms with Crippen molar-refractivity contribution in [3.63, 3.8) is 0 Å². The van der Waals surface area contributed by atoms with Crippen molar-refractivity contribution in [2.75, 3.05) is 13.1 Å². The van der Waals surface area contributed by atoms with Crippen LogP contribution < -0.4 is 0 Å². The maximum Gasteiger partial charge on any atom is 0.126 e. The van der Waals surface area contributed by atoms with Gasteiger partial charge in [0, 0.05) is 5.54 Å². The van der Waals surface area contributed by atoms with E-state index in [0.717, 1.165) is 13.1 Å². The Labute approximate surface area is 108 Å². The molecule has 1 aromatic carbocycles. The second kappa shape index (κ2) is 4.98. The second-order valence-corrected chi connectivity index (χ2v) is 5.76. The lowest BCUT2D eigenvalue weighted by atomic mass is 9.89. The number of halogens is 1. The fourth-order valence-corrected chi connectivity index (χ4v) is 2.65. The molecule has 1 atom stereocenters. The highest BCUT2D eigenvalue weighted by Crippen LogP contribution is 2.33. The monoisotopic (exact) mass is 251 g/mol.